The molecular weight excluding hydrogens is 254 g/mol. The molecule has 1 heterocycles. The van der Waals surface area contributed by atoms with Crippen molar-refractivity contribution < 1.29 is 18.9 Å². The molecule has 0 bridgehead atoms. The van der Waals surface area contributed by atoms with Gasteiger partial charge >= 0.3 is 11.9 Å². The first-order valence-corrected chi connectivity index (χ1v) is 5.20. The number of carbonyl (C=O) groups excluding carboxylic acids is 1. The van der Waals surface area contributed by atoms with Crippen LogP contribution in [0.15, 0.2) is 22.6 Å². The monoisotopic (exact) mass is 263 g/mol. The fourth-order valence-corrected chi connectivity index (χ4v) is 1.50. The average Bonchev–Trinajstić information content (AvgIpc) is 2.87. The topological polar surface area (TPSA) is 108 Å². The summed E-state index contributed by atoms with van der Waals surface area (Å²) in [5.74, 6) is -0.902. The molecule has 0 fully saturated rings. The predicted octanol–water partition coefficient (Wildman–Crippen LogP) is 1.74. The third-order valence-corrected chi connectivity index (χ3v) is 2.44. The third kappa shape index (κ3) is 2.41. The first-order valence-electron chi connectivity index (χ1n) is 5.20. The lowest BCUT2D eigenvalue weighted by Crippen LogP contribution is -2.00. The van der Waals surface area contributed by atoms with E-state index in [-0.39, 0.29) is 17.5 Å². The number of ether oxygens (including phenoxy) is 1. The van der Waals surface area contributed by atoms with E-state index in [4.69, 9.17) is 4.42 Å². The van der Waals surface area contributed by atoms with E-state index in [0.29, 0.717) is 11.1 Å². The number of nitro benzene ring substituents is 1. The molecule has 19 heavy (non-hydrogen) atoms. The molecule has 0 saturated carbocycles. The minimum atomic E-state index is -0.738. The molecule has 2 aromatic rings. The summed E-state index contributed by atoms with van der Waals surface area (Å²) >= 11 is 0. The SMILES string of the molecule is COC(=O)c1nnc(-c2ccc([N+](=O)[O-])cc2C)o1. The van der Waals surface area contributed by atoms with Crippen LogP contribution in [0.25, 0.3) is 11.5 Å². The Labute approximate surface area is 107 Å². The first-order chi connectivity index (χ1) is 9.02. The Hall–Kier alpha value is -2.77. The van der Waals surface area contributed by atoms with Gasteiger partial charge in [0.1, 0.15) is 0 Å². The van der Waals surface area contributed by atoms with Gasteiger partial charge in [-0.25, -0.2) is 4.79 Å². The highest BCUT2D eigenvalue weighted by Crippen LogP contribution is 2.25. The lowest BCUT2D eigenvalue weighted by Gasteiger charge is -2.00. The van der Waals surface area contributed by atoms with Crippen molar-refractivity contribution in [2.24, 2.45) is 0 Å². The third-order valence-electron chi connectivity index (χ3n) is 2.44. The molecule has 2 rings (SSSR count). The highest BCUT2D eigenvalue weighted by atomic mass is 16.6. The highest BCUT2D eigenvalue weighted by Gasteiger charge is 2.18. The van der Waals surface area contributed by atoms with Crippen LogP contribution in [-0.2, 0) is 4.74 Å². The Morgan fingerprint density at radius 3 is 2.74 bits per heavy atom. The summed E-state index contributed by atoms with van der Waals surface area (Å²) in [6, 6.07) is 4.20. The fraction of sp³-hybridized carbons (Fsp3) is 0.182. The Morgan fingerprint density at radius 1 is 1.42 bits per heavy atom. The molecule has 0 aliphatic heterocycles. The van der Waals surface area contributed by atoms with Crippen molar-refractivity contribution >= 4 is 11.7 Å². The number of benzene rings is 1. The van der Waals surface area contributed by atoms with Gasteiger partial charge in [0.05, 0.1) is 12.0 Å². The van der Waals surface area contributed by atoms with E-state index in [9.17, 15) is 14.9 Å². The van der Waals surface area contributed by atoms with Crippen LogP contribution >= 0.6 is 0 Å². The molecule has 0 aliphatic carbocycles. The normalized spacial score (nSPS) is 10.2. The number of nitrogens with zero attached hydrogens (tertiary/aromatic N) is 3. The summed E-state index contributed by atoms with van der Waals surface area (Å²) in [4.78, 5) is 21.3. The van der Waals surface area contributed by atoms with Gasteiger partial charge in [-0.2, -0.15) is 0 Å². The largest absolute Gasteiger partial charge is 0.462 e. The van der Waals surface area contributed by atoms with Crippen molar-refractivity contribution in [2.75, 3.05) is 7.11 Å². The number of hydrogen-bond acceptors (Lipinski definition) is 7. The van der Waals surface area contributed by atoms with Gasteiger partial charge in [0.25, 0.3) is 5.69 Å². The van der Waals surface area contributed by atoms with Crippen molar-refractivity contribution in [3.05, 3.63) is 39.8 Å². The standard InChI is InChI=1S/C11H9N3O5/c1-6-5-7(14(16)17)3-4-8(6)9-12-13-10(19-9)11(15)18-2/h3-5H,1-2H3. The van der Waals surface area contributed by atoms with Crippen LogP contribution in [0.1, 0.15) is 16.2 Å². The van der Waals surface area contributed by atoms with Crippen molar-refractivity contribution in [1.82, 2.24) is 10.2 Å². The molecule has 98 valence electrons. The van der Waals surface area contributed by atoms with Crippen LogP contribution in [0.5, 0.6) is 0 Å². The molecule has 0 radical (unpaired) electrons. The number of hydrogen-bond donors (Lipinski definition) is 0. The zero-order chi connectivity index (χ0) is 14.0. The molecule has 8 nitrogen and oxygen atoms in total. The summed E-state index contributed by atoms with van der Waals surface area (Å²) in [7, 11) is 1.20. The molecule has 0 atom stereocenters. The smallest absolute Gasteiger partial charge is 0.396 e. The van der Waals surface area contributed by atoms with Crippen molar-refractivity contribution in [1.29, 1.82) is 0 Å². The number of aromatic nitrogens is 2. The van der Waals surface area contributed by atoms with Gasteiger partial charge in [0, 0.05) is 17.7 Å². The Balaban J connectivity index is 2.39. The molecule has 0 saturated heterocycles. The van der Waals surface area contributed by atoms with E-state index in [1.54, 1.807) is 6.92 Å². The fourth-order valence-electron chi connectivity index (χ4n) is 1.50. The van der Waals surface area contributed by atoms with Crippen LogP contribution in [0.2, 0.25) is 0 Å². The minimum Gasteiger partial charge on any atom is -0.462 e. The summed E-state index contributed by atoms with van der Waals surface area (Å²) in [5, 5.41) is 17.9. The van der Waals surface area contributed by atoms with Gasteiger partial charge in [0.2, 0.25) is 5.89 Å². The maximum atomic E-state index is 11.2. The Bertz CT molecular complexity index is 650. The van der Waals surface area contributed by atoms with Gasteiger partial charge in [-0.1, -0.05) is 0 Å². The van der Waals surface area contributed by atoms with E-state index in [2.05, 4.69) is 14.9 Å². The number of rotatable bonds is 3. The van der Waals surface area contributed by atoms with E-state index in [1.807, 2.05) is 0 Å². The van der Waals surface area contributed by atoms with Crippen molar-refractivity contribution in [3.63, 3.8) is 0 Å². The van der Waals surface area contributed by atoms with Crippen molar-refractivity contribution in [2.45, 2.75) is 6.92 Å². The van der Waals surface area contributed by atoms with E-state index in [0.717, 1.165) is 0 Å². The summed E-state index contributed by atoms with van der Waals surface area (Å²) in [6.45, 7) is 1.67. The van der Waals surface area contributed by atoms with E-state index >= 15 is 0 Å². The number of carbonyl (C=O) groups is 1. The quantitative estimate of drug-likeness (QED) is 0.471. The van der Waals surface area contributed by atoms with Crippen LogP contribution in [0.4, 0.5) is 5.69 Å². The molecule has 0 unspecified atom stereocenters. The van der Waals surface area contributed by atoms with Crippen LogP contribution in [0, 0.1) is 17.0 Å². The second-order valence-electron chi connectivity index (χ2n) is 3.66. The molecule has 0 spiro atoms. The number of esters is 1. The molecule has 0 amide bonds. The van der Waals surface area contributed by atoms with Crippen LogP contribution < -0.4 is 0 Å². The lowest BCUT2D eigenvalue weighted by atomic mass is 10.1. The second kappa shape index (κ2) is 4.84. The minimum absolute atomic E-state index is 0.0334. The van der Waals surface area contributed by atoms with Gasteiger partial charge in [-0.15, -0.1) is 10.2 Å². The van der Waals surface area contributed by atoms with Gasteiger partial charge < -0.3 is 9.15 Å². The maximum absolute atomic E-state index is 11.2. The predicted molar refractivity (Wildman–Crippen MR) is 62.5 cm³/mol. The number of non-ortho nitro benzene ring substituents is 1. The van der Waals surface area contributed by atoms with Gasteiger partial charge in [-0.05, 0) is 18.6 Å². The summed E-state index contributed by atoms with van der Waals surface area (Å²) in [6.07, 6.45) is 0. The Morgan fingerprint density at radius 2 is 2.16 bits per heavy atom. The van der Waals surface area contributed by atoms with Crippen LogP contribution in [0.3, 0.4) is 0 Å². The number of methoxy groups -OCH3 is 1. The zero-order valence-corrected chi connectivity index (χ0v) is 10.1. The van der Waals surface area contributed by atoms with E-state index in [1.165, 1.54) is 25.3 Å². The number of aryl methyl sites for hydroxylation is 1. The maximum Gasteiger partial charge on any atom is 0.396 e. The zero-order valence-electron chi connectivity index (χ0n) is 10.1. The van der Waals surface area contributed by atoms with Gasteiger partial charge in [0.15, 0.2) is 0 Å². The molecule has 0 aliphatic rings. The summed E-state index contributed by atoms with van der Waals surface area (Å²) in [5.41, 5.74) is 1.08. The summed E-state index contributed by atoms with van der Waals surface area (Å²) < 4.78 is 9.58. The highest BCUT2D eigenvalue weighted by molar-refractivity contribution is 5.84. The molecular formula is C11H9N3O5. The van der Waals surface area contributed by atoms with Gasteiger partial charge in [-0.3, -0.25) is 10.1 Å². The Kier molecular flexibility index (Phi) is 3.23. The molecule has 1 aromatic heterocycles. The molecule has 8 heteroatoms. The van der Waals surface area contributed by atoms with E-state index < -0.39 is 10.9 Å². The van der Waals surface area contributed by atoms with Crippen molar-refractivity contribution in [3.8, 4) is 11.5 Å². The van der Waals surface area contributed by atoms with Crippen LogP contribution in [-0.4, -0.2) is 28.2 Å². The lowest BCUT2D eigenvalue weighted by molar-refractivity contribution is -0.384. The molecule has 0 N–H and O–H groups in total. The first kappa shape index (κ1) is 12.7. The average molecular weight is 263 g/mol. The molecule has 1 aromatic carbocycles. The second-order valence-corrected chi connectivity index (χ2v) is 3.66. The number of nitro groups is 1.